The van der Waals surface area contributed by atoms with Crippen LogP contribution < -0.4 is 9.47 Å². The third-order valence-electron chi connectivity index (χ3n) is 4.40. The van der Waals surface area contributed by atoms with E-state index in [0.717, 1.165) is 6.42 Å². The summed E-state index contributed by atoms with van der Waals surface area (Å²) in [6, 6.07) is 17.4. The van der Waals surface area contributed by atoms with Crippen molar-refractivity contribution in [3.05, 3.63) is 71.8 Å². The van der Waals surface area contributed by atoms with Gasteiger partial charge in [0.1, 0.15) is 11.5 Å². The van der Waals surface area contributed by atoms with Crippen molar-refractivity contribution in [2.75, 3.05) is 13.2 Å². The molecule has 0 amide bonds. The number of hydrogen-bond acceptors (Lipinski definition) is 6. The molecule has 3 aromatic rings. The summed E-state index contributed by atoms with van der Waals surface area (Å²) in [7, 11) is 0. The summed E-state index contributed by atoms with van der Waals surface area (Å²) in [6.07, 6.45) is 3.95. The number of phenols is 2. The summed E-state index contributed by atoms with van der Waals surface area (Å²) in [6.45, 7) is 1.13. The van der Waals surface area contributed by atoms with Crippen LogP contribution in [0.4, 0.5) is 11.4 Å². The van der Waals surface area contributed by atoms with Crippen LogP contribution in [0.3, 0.4) is 0 Å². The third-order valence-corrected chi connectivity index (χ3v) is 4.40. The van der Waals surface area contributed by atoms with Crippen LogP contribution in [0, 0.1) is 0 Å². The molecule has 0 bridgehead atoms. The Bertz CT molecular complexity index is 992. The van der Waals surface area contributed by atoms with E-state index in [-0.39, 0.29) is 11.5 Å². The smallest absolute Gasteiger partial charge is 0.163 e. The fraction of sp³-hybridized carbons (Fsp3) is 0.130. The van der Waals surface area contributed by atoms with Crippen molar-refractivity contribution in [3.8, 4) is 23.0 Å². The monoisotopic (exact) mass is 388 g/mol. The van der Waals surface area contributed by atoms with Gasteiger partial charge < -0.3 is 19.7 Å². The van der Waals surface area contributed by atoms with Crippen molar-refractivity contribution in [2.45, 2.75) is 6.42 Å². The van der Waals surface area contributed by atoms with E-state index in [2.05, 4.69) is 9.98 Å². The van der Waals surface area contributed by atoms with Crippen LogP contribution >= 0.6 is 0 Å². The first-order valence-corrected chi connectivity index (χ1v) is 9.28. The first-order chi connectivity index (χ1) is 14.2. The number of ether oxygens (including phenoxy) is 2. The van der Waals surface area contributed by atoms with Crippen LogP contribution in [-0.4, -0.2) is 35.9 Å². The zero-order valence-corrected chi connectivity index (χ0v) is 15.7. The predicted molar refractivity (Wildman–Crippen MR) is 113 cm³/mol. The predicted octanol–water partition coefficient (Wildman–Crippen LogP) is 4.76. The Balaban J connectivity index is 1.74. The van der Waals surface area contributed by atoms with E-state index in [9.17, 15) is 10.2 Å². The molecule has 0 atom stereocenters. The molecule has 0 spiro atoms. The number of para-hydroxylation sites is 2. The van der Waals surface area contributed by atoms with Crippen molar-refractivity contribution in [3.63, 3.8) is 0 Å². The van der Waals surface area contributed by atoms with Gasteiger partial charge in [-0.3, -0.25) is 9.98 Å². The zero-order chi connectivity index (χ0) is 20.1. The number of aliphatic imine (C=N–C) groups is 2. The average molecular weight is 388 g/mol. The zero-order valence-electron chi connectivity index (χ0n) is 15.7. The Morgan fingerprint density at radius 3 is 1.59 bits per heavy atom. The molecule has 6 heteroatoms. The Kier molecular flexibility index (Phi) is 5.42. The second-order valence-electron chi connectivity index (χ2n) is 6.47. The molecule has 6 nitrogen and oxygen atoms in total. The standard InChI is InChI=1S/C23H20N2O4/c26-20-8-3-1-6-16(20)14-24-18-12-22-23(29-11-5-10-28-22)13-19(18)25-15-17-7-2-4-9-21(17)27/h1-4,6-9,12-15,26-27H,5,10-11H2. The molecule has 2 N–H and O–H groups in total. The van der Waals surface area contributed by atoms with E-state index >= 15 is 0 Å². The largest absolute Gasteiger partial charge is 0.507 e. The minimum absolute atomic E-state index is 0.143. The fourth-order valence-electron chi connectivity index (χ4n) is 2.87. The molecule has 3 aromatic carbocycles. The van der Waals surface area contributed by atoms with E-state index in [1.54, 1.807) is 61.0 Å². The Morgan fingerprint density at radius 1 is 0.690 bits per heavy atom. The van der Waals surface area contributed by atoms with Crippen LogP contribution in [0.5, 0.6) is 23.0 Å². The first kappa shape index (κ1) is 18.6. The van der Waals surface area contributed by atoms with Crippen molar-refractivity contribution in [1.29, 1.82) is 0 Å². The van der Waals surface area contributed by atoms with Gasteiger partial charge in [0.2, 0.25) is 0 Å². The molecular formula is C23H20N2O4. The number of hydrogen-bond donors (Lipinski definition) is 2. The molecule has 1 aliphatic rings. The minimum Gasteiger partial charge on any atom is -0.507 e. The third kappa shape index (κ3) is 4.38. The maximum Gasteiger partial charge on any atom is 0.163 e. The summed E-state index contributed by atoms with van der Waals surface area (Å²) in [5.74, 6) is 1.50. The molecule has 29 heavy (non-hydrogen) atoms. The molecule has 0 unspecified atom stereocenters. The number of benzene rings is 3. The molecule has 1 aliphatic heterocycles. The van der Waals surface area contributed by atoms with Crippen molar-refractivity contribution in [2.24, 2.45) is 9.98 Å². The second-order valence-corrected chi connectivity index (χ2v) is 6.47. The highest BCUT2D eigenvalue weighted by atomic mass is 16.5. The number of rotatable bonds is 4. The van der Waals surface area contributed by atoms with Gasteiger partial charge in [0.05, 0.1) is 24.6 Å². The molecule has 0 radical (unpaired) electrons. The maximum absolute atomic E-state index is 9.98. The average Bonchev–Trinajstić information content (AvgIpc) is 2.97. The van der Waals surface area contributed by atoms with Gasteiger partial charge >= 0.3 is 0 Å². The highest BCUT2D eigenvalue weighted by molar-refractivity contribution is 5.90. The molecule has 146 valence electrons. The quantitative estimate of drug-likeness (QED) is 0.631. The van der Waals surface area contributed by atoms with Gasteiger partial charge in [-0.2, -0.15) is 0 Å². The van der Waals surface area contributed by atoms with E-state index in [1.807, 2.05) is 12.1 Å². The molecule has 0 saturated heterocycles. The first-order valence-electron chi connectivity index (χ1n) is 9.28. The Labute approximate surface area is 168 Å². The molecule has 0 aliphatic carbocycles. The molecule has 0 saturated carbocycles. The molecular weight excluding hydrogens is 368 g/mol. The van der Waals surface area contributed by atoms with Crippen molar-refractivity contribution in [1.82, 2.24) is 0 Å². The van der Waals surface area contributed by atoms with Crippen molar-refractivity contribution >= 4 is 23.8 Å². The Hall–Kier alpha value is -3.80. The molecule has 4 rings (SSSR count). The van der Waals surface area contributed by atoms with E-state index in [1.165, 1.54) is 0 Å². The van der Waals surface area contributed by atoms with Crippen molar-refractivity contribution < 1.29 is 19.7 Å². The van der Waals surface area contributed by atoms with Crippen LogP contribution in [0.2, 0.25) is 0 Å². The maximum atomic E-state index is 9.98. The van der Waals surface area contributed by atoms with Crippen LogP contribution in [0.1, 0.15) is 17.5 Å². The lowest BCUT2D eigenvalue weighted by Crippen LogP contribution is -1.97. The van der Waals surface area contributed by atoms with Crippen LogP contribution in [-0.2, 0) is 0 Å². The summed E-state index contributed by atoms with van der Waals surface area (Å²) in [5.41, 5.74) is 2.30. The fourth-order valence-corrected chi connectivity index (χ4v) is 2.87. The summed E-state index contributed by atoms with van der Waals surface area (Å²) < 4.78 is 11.5. The lowest BCUT2D eigenvalue weighted by Gasteiger charge is -2.10. The summed E-state index contributed by atoms with van der Waals surface area (Å²) >= 11 is 0. The van der Waals surface area contributed by atoms with E-state index in [4.69, 9.17) is 9.47 Å². The number of fused-ring (bicyclic) bond motifs is 1. The molecule has 0 aromatic heterocycles. The van der Waals surface area contributed by atoms with Crippen LogP contribution in [0.25, 0.3) is 0 Å². The molecule has 1 heterocycles. The summed E-state index contributed by atoms with van der Waals surface area (Å²) in [4.78, 5) is 9.03. The highest BCUT2D eigenvalue weighted by Crippen LogP contribution is 2.41. The topological polar surface area (TPSA) is 83.6 Å². The number of nitrogens with zero attached hydrogens (tertiary/aromatic N) is 2. The van der Waals surface area contributed by atoms with Gasteiger partial charge in [-0.05, 0) is 24.3 Å². The van der Waals surface area contributed by atoms with Gasteiger partial charge in [-0.15, -0.1) is 0 Å². The number of aromatic hydroxyl groups is 2. The van der Waals surface area contributed by atoms with Gasteiger partial charge in [-0.25, -0.2) is 0 Å². The summed E-state index contributed by atoms with van der Waals surface area (Å²) in [5, 5.41) is 20.0. The number of phenolic OH excluding ortho intramolecular Hbond substituents is 2. The van der Waals surface area contributed by atoms with Gasteiger partial charge in [0.25, 0.3) is 0 Å². The normalized spacial score (nSPS) is 13.7. The van der Waals surface area contributed by atoms with Gasteiger partial charge in [0.15, 0.2) is 11.5 Å². The lowest BCUT2D eigenvalue weighted by atomic mass is 10.2. The van der Waals surface area contributed by atoms with Gasteiger partial charge in [-0.1, -0.05) is 24.3 Å². The van der Waals surface area contributed by atoms with Gasteiger partial charge in [0, 0.05) is 42.1 Å². The lowest BCUT2D eigenvalue weighted by molar-refractivity contribution is 0.297. The second kappa shape index (κ2) is 8.48. The molecule has 0 fully saturated rings. The van der Waals surface area contributed by atoms with E-state index in [0.29, 0.717) is 47.2 Å². The minimum atomic E-state index is 0.143. The SMILES string of the molecule is Oc1ccccc1C=Nc1cc2c(cc1N=Cc1ccccc1O)OCCCO2. The Morgan fingerprint density at radius 2 is 1.14 bits per heavy atom. The van der Waals surface area contributed by atoms with Crippen LogP contribution in [0.15, 0.2) is 70.6 Å². The highest BCUT2D eigenvalue weighted by Gasteiger charge is 2.14. The van der Waals surface area contributed by atoms with E-state index < -0.39 is 0 Å².